The Hall–Kier alpha value is -1.36. The van der Waals surface area contributed by atoms with Crippen molar-refractivity contribution < 1.29 is 9.53 Å². The lowest BCUT2D eigenvalue weighted by Crippen LogP contribution is -2.43. The van der Waals surface area contributed by atoms with Gasteiger partial charge in [-0.25, -0.2) is 0 Å². The number of nitrogens with one attached hydrogen (secondary N) is 2. The monoisotopic (exact) mass is 263 g/mol. The van der Waals surface area contributed by atoms with Crippen LogP contribution in [-0.4, -0.2) is 28.3 Å². The molecule has 2 aliphatic rings. The molecule has 2 N–H and O–H groups in total. The van der Waals surface area contributed by atoms with Gasteiger partial charge in [0.05, 0.1) is 17.9 Å². The predicted octanol–water partition coefficient (Wildman–Crippen LogP) is 1.96. The Bertz CT molecular complexity index is 491. The number of ether oxygens (including phenoxy) is 1. The molecule has 2 heterocycles. The van der Waals surface area contributed by atoms with Gasteiger partial charge in [0.15, 0.2) is 5.69 Å². The number of carbonyl (C=O) groups is 1. The Morgan fingerprint density at radius 2 is 2.11 bits per heavy atom. The first kappa shape index (κ1) is 12.7. The van der Waals surface area contributed by atoms with Crippen molar-refractivity contribution in [2.45, 2.75) is 58.3 Å². The first-order chi connectivity index (χ1) is 9.04. The second-order valence-corrected chi connectivity index (χ2v) is 6.00. The molecule has 1 aromatic rings. The molecule has 1 amide bonds. The lowest BCUT2D eigenvalue weighted by molar-refractivity contribution is -0.00697. The van der Waals surface area contributed by atoms with E-state index in [4.69, 9.17) is 4.74 Å². The number of aromatic nitrogens is 2. The van der Waals surface area contributed by atoms with E-state index in [0.717, 1.165) is 36.4 Å². The zero-order valence-corrected chi connectivity index (χ0v) is 11.7. The average Bonchev–Trinajstić information content (AvgIpc) is 2.70. The van der Waals surface area contributed by atoms with Gasteiger partial charge in [-0.15, -0.1) is 0 Å². The molecule has 0 radical (unpaired) electrons. The van der Waals surface area contributed by atoms with Crippen LogP contribution in [0.5, 0.6) is 0 Å². The molecular formula is C14H21N3O2. The van der Waals surface area contributed by atoms with Gasteiger partial charge in [-0.1, -0.05) is 6.92 Å². The lowest BCUT2D eigenvalue weighted by Gasteiger charge is -2.33. The maximum Gasteiger partial charge on any atom is 0.272 e. The molecule has 1 aliphatic carbocycles. The fourth-order valence-electron chi connectivity index (χ4n) is 3.14. The largest absolute Gasteiger partial charge is 0.369 e. The van der Waals surface area contributed by atoms with E-state index in [1.54, 1.807) is 0 Å². The van der Waals surface area contributed by atoms with E-state index in [-0.39, 0.29) is 18.1 Å². The number of nitrogens with zero attached hydrogens (tertiary/aromatic N) is 1. The molecule has 5 nitrogen and oxygen atoms in total. The highest BCUT2D eigenvalue weighted by Gasteiger charge is 2.32. The Morgan fingerprint density at radius 3 is 2.79 bits per heavy atom. The van der Waals surface area contributed by atoms with Gasteiger partial charge >= 0.3 is 0 Å². The van der Waals surface area contributed by atoms with Gasteiger partial charge in [-0.2, -0.15) is 5.10 Å². The maximum atomic E-state index is 12.3. The highest BCUT2D eigenvalue weighted by molar-refractivity contribution is 5.94. The molecule has 104 valence electrons. The zero-order chi connectivity index (χ0) is 13.6. The van der Waals surface area contributed by atoms with Gasteiger partial charge in [0.1, 0.15) is 0 Å². The molecule has 0 aromatic carbocycles. The summed E-state index contributed by atoms with van der Waals surface area (Å²) in [5.74, 6) is 0.683. The number of fused-ring (bicyclic) bond motifs is 1. The van der Waals surface area contributed by atoms with E-state index in [2.05, 4.69) is 22.4 Å². The molecule has 3 rings (SSSR count). The van der Waals surface area contributed by atoms with E-state index in [0.29, 0.717) is 11.7 Å². The summed E-state index contributed by atoms with van der Waals surface area (Å²) in [7, 11) is 0. The zero-order valence-electron chi connectivity index (χ0n) is 11.7. The molecule has 0 bridgehead atoms. The summed E-state index contributed by atoms with van der Waals surface area (Å²) < 4.78 is 5.73. The summed E-state index contributed by atoms with van der Waals surface area (Å²) in [5.41, 5.74) is 2.53. The van der Waals surface area contributed by atoms with Crippen LogP contribution in [-0.2, 0) is 11.2 Å². The average molecular weight is 263 g/mol. The number of amides is 1. The number of hydrogen-bond acceptors (Lipinski definition) is 3. The van der Waals surface area contributed by atoms with Crippen molar-refractivity contribution in [3.8, 4) is 0 Å². The van der Waals surface area contributed by atoms with E-state index in [1.165, 1.54) is 0 Å². The second-order valence-electron chi connectivity index (χ2n) is 6.00. The van der Waals surface area contributed by atoms with Crippen LogP contribution in [0, 0.1) is 5.92 Å². The van der Waals surface area contributed by atoms with Gasteiger partial charge in [0, 0.05) is 18.0 Å². The number of hydrogen-bond donors (Lipinski definition) is 2. The van der Waals surface area contributed by atoms with Crippen LogP contribution >= 0.6 is 0 Å². The summed E-state index contributed by atoms with van der Waals surface area (Å²) in [6, 6.07) is 0.324. The van der Waals surface area contributed by atoms with E-state index in [9.17, 15) is 4.79 Å². The topological polar surface area (TPSA) is 67.0 Å². The Morgan fingerprint density at radius 1 is 1.37 bits per heavy atom. The van der Waals surface area contributed by atoms with E-state index in [1.807, 2.05) is 13.8 Å². The van der Waals surface area contributed by atoms with Crippen molar-refractivity contribution in [2.75, 3.05) is 0 Å². The third-order valence-electron chi connectivity index (χ3n) is 4.16. The number of aromatic amines is 1. The minimum Gasteiger partial charge on any atom is -0.369 e. The second kappa shape index (κ2) is 4.63. The van der Waals surface area contributed by atoms with Gasteiger partial charge in [-0.3, -0.25) is 9.89 Å². The molecular weight excluding hydrogens is 242 g/mol. The van der Waals surface area contributed by atoms with Crippen molar-refractivity contribution in [1.82, 2.24) is 15.5 Å². The molecule has 1 fully saturated rings. The van der Waals surface area contributed by atoms with Crippen LogP contribution in [0.25, 0.3) is 0 Å². The van der Waals surface area contributed by atoms with E-state index >= 15 is 0 Å². The highest BCUT2D eigenvalue weighted by Crippen LogP contribution is 2.31. The molecule has 19 heavy (non-hydrogen) atoms. The smallest absolute Gasteiger partial charge is 0.272 e. The third-order valence-corrected chi connectivity index (χ3v) is 4.16. The predicted molar refractivity (Wildman–Crippen MR) is 70.9 cm³/mol. The van der Waals surface area contributed by atoms with Crippen molar-refractivity contribution in [3.63, 3.8) is 0 Å². The number of rotatable bonds is 2. The van der Waals surface area contributed by atoms with Gasteiger partial charge in [0.2, 0.25) is 0 Å². The molecule has 0 spiro atoms. The Labute approximate surface area is 113 Å². The van der Waals surface area contributed by atoms with Crippen molar-refractivity contribution in [3.05, 3.63) is 17.0 Å². The maximum absolute atomic E-state index is 12.3. The van der Waals surface area contributed by atoms with Gasteiger partial charge < -0.3 is 10.1 Å². The summed E-state index contributed by atoms with van der Waals surface area (Å²) in [5, 5.41) is 10.2. The molecule has 5 heteroatoms. The Kier molecular flexibility index (Phi) is 3.09. The number of carbonyl (C=O) groups excluding carboxylic acids is 1. The van der Waals surface area contributed by atoms with Gasteiger partial charge in [0.25, 0.3) is 5.91 Å². The molecule has 2 atom stereocenters. The van der Waals surface area contributed by atoms with Crippen LogP contribution in [0.3, 0.4) is 0 Å². The summed E-state index contributed by atoms with van der Waals surface area (Å²) in [4.78, 5) is 12.3. The van der Waals surface area contributed by atoms with Crippen LogP contribution in [0.1, 0.15) is 61.5 Å². The minimum absolute atomic E-state index is 0.0171. The molecule has 0 unspecified atom stereocenters. The quantitative estimate of drug-likeness (QED) is 0.857. The third kappa shape index (κ3) is 2.27. The van der Waals surface area contributed by atoms with E-state index < -0.39 is 0 Å². The normalized spacial score (nSPS) is 33.4. The minimum atomic E-state index is -0.0456. The first-order valence-corrected chi connectivity index (χ1v) is 7.08. The summed E-state index contributed by atoms with van der Waals surface area (Å²) in [6.07, 6.45) is 3.02. The van der Waals surface area contributed by atoms with Crippen molar-refractivity contribution >= 4 is 5.91 Å². The SMILES string of the molecule is CC1CC(NC(=O)c2n[nH]c3c2C[C@H](C)O[C@@H]3C)C1. The van der Waals surface area contributed by atoms with Crippen molar-refractivity contribution in [2.24, 2.45) is 5.92 Å². The van der Waals surface area contributed by atoms with Crippen molar-refractivity contribution in [1.29, 1.82) is 0 Å². The number of H-pyrrole nitrogens is 1. The summed E-state index contributed by atoms with van der Waals surface area (Å²) >= 11 is 0. The highest BCUT2D eigenvalue weighted by atomic mass is 16.5. The fourth-order valence-corrected chi connectivity index (χ4v) is 3.14. The Balaban J connectivity index is 1.76. The molecule has 1 aliphatic heterocycles. The van der Waals surface area contributed by atoms with Crippen LogP contribution in [0.15, 0.2) is 0 Å². The standard InChI is InChI=1S/C14H21N3O2/c1-7-4-10(5-7)15-14(18)13-11-6-8(2)19-9(3)12(11)16-17-13/h7-10H,4-6H2,1-3H3,(H,15,18)(H,16,17)/t7?,8-,9+,10?/m0/s1. The van der Waals surface area contributed by atoms with Crippen LogP contribution in [0.4, 0.5) is 0 Å². The molecule has 0 saturated heterocycles. The van der Waals surface area contributed by atoms with Gasteiger partial charge in [-0.05, 0) is 32.6 Å². The molecule has 1 aromatic heterocycles. The summed E-state index contributed by atoms with van der Waals surface area (Å²) in [6.45, 7) is 6.23. The first-order valence-electron chi connectivity index (χ1n) is 7.08. The van der Waals surface area contributed by atoms with Crippen LogP contribution < -0.4 is 5.32 Å². The molecule has 1 saturated carbocycles. The fraction of sp³-hybridized carbons (Fsp3) is 0.714. The lowest BCUT2D eigenvalue weighted by atomic mass is 9.82. The van der Waals surface area contributed by atoms with Crippen LogP contribution in [0.2, 0.25) is 0 Å².